The Morgan fingerprint density at radius 3 is 2.71 bits per heavy atom. The van der Waals surface area contributed by atoms with E-state index in [4.69, 9.17) is 9.47 Å². The molecule has 0 heterocycles. The van der Waals surface area contributed by atoms with E-state index in [-0.39, 0.29) is 6.10 Å². The van der Waals surface area contributed by atoms with E-state index in [1.807, 2.05) is 6.07 Å². The molecular formula is C21H31NO2. The van der Waals surface area contributed by atoms with Gasteiger partial charge in [0.2, 0.25) is 0 Å². The Labute approximate surface area is 147 Å². The largest absolute Gasteiger partial charge is 0.497 e. The first-order valence-corrected chi connectivity index (χ1v) is 9.05. The molecule has 2 rings (SSSR count). The van der Waals surface area contributed by atoms with Gasteiger partial charge in [0.1, 0.15) is 5.75 Å². The van der Waals surface area contributed by atoms with E-state index in [0.717, 1.165) is 25.3 Å². The summed E-state index contributed by atoms with van der Waals surface area (Å²) < 4.78 is 10.8. The Balaban J connectivity index is 2.04. The molecule has 0 N–H and O–H groups in total. The molecule has 0 aliphatic heterocycles. The summed E-state index contributed by atoms with van der Waals surface area (Å²) in [6.07, 6.45) is 13.0. The number of rotatable bonds is 10. The minimum Gasteiger partial charge on any atom is -0.497 e. The van der Waals surface area contributed by atoms with E-state index in [2.05, 4.69) is 48.3 Å². The lowest BCUT2D eigenvalue weighted by Crippen LogP contribution is -2.25. The van der Waals surface area contributed by atoms with Crippen molar-refractivity contribution in [1.82, 2.24) is 4.90 Å². The van der Waals surface area contributed by atoms with Gasteiger partial charge in [0.05, 0.1) is 13.2 Å². The van der Waals surface area contributed by atoms with E-state index in [1.165, 1.54) is 36.9 Å². The summed E-state index contributed by atoms with van der Waals surface area (Å²) in [4.78, 5) is 2.48. The third-order valence-corrected chi connectivity index (χ3v) is 4.50. The van der Waals surface area contributed by atoms with Gasteiger partial charge in [-0.15, -0.1) is 0 Å². The van der Waals surface area contributed by atoms with Gasteiger partial charge in [-0.1, -0.05) is 50.5 Å². The van der Waals surface area contributed by atoms with Gasteiger partial charge in [0.15, 0.2) is 0 Å². The maximum Gasteiger partial charge on any atom is 0.119 e. The highest BCUT2D eigenvalue weighted by molar-refractivity contribution is 5.30. The molecule has 24 heavy (non-hydrogen) atoms. The molecule has 1 aromatic rings. The van der Waals surface area contributed by atoms with Crippen LogP contribution >= 0.6 is 0 Å². The SMILES string of the molecule is CCCCCCN(Cc1cccc(OC)c1)C1=CCC(OC)C=C1. The molecule has 3 heteroatoms. The molecular weight excluding hydrogens is 298 g/mol. The van der Waals surface area contributed by atoms with Crippen molar-refractivity contribution < 1.29 is 9.47 Å². The molecule has 0 aromatic heterocycles. The minimum absolute atomic E-state index is 0.215. The quantitative estimate of drug-likeness (QED) is 0.568. The molecule has 0 saturated carbocycles. The molecule has 0 bridgehead atoms. The van der Waals surface area contributed by atoms with Gasteiger partial charge >= 0.3 is 0 Å². The maximum absolute atomic E-state index is 5.41. The summed E-state index contributed by atoms with van der Waals surface area (Å²) in [5, 5.41) is 0. The number of benzene rings is 1. The van der Waals surface area contributed by atoms with Crippen LogP contribution in [-0.2, 0) is 11.3 Å². The molecule has 0 fully saturated rings. The monoisotopic (exact) mass is 329 g/mol. The number of unbranched alkanes of at least 4 members (excludes halogenated alkanes) is 3. The van der Waals surface area contributed by atoms with E-state index >= 15 is 0 Å². The predicted octanol–water partition coefficient (Wildman–Crippen LogP) is 4.94. The van der Waals surface area contributed by atoms with Crippen LogP contribution in [0.2, 0.25) is 0 Å². The molecule has 1 aromatic carbocycles. The average molecular weight is 329 g/mol. The van der Waals surface area contributed by atoms with Crippen LogP contribution in [0, 0.1) is 0 Å². The Morgan fingerprint density at radius 2 is 2.04 bits per heavy atom. The molecule has 3 nitrogen and oxygen atoms in total. The number of hydrogen-bond donors (Lipinski definition) is 0. The van der Waals surface area contributed by atoms with Crippen molar-refractivity contribution in [3.63, 3.8) is 0 Å². The van der Waals surface area contributed by atoms with Gasteiger partial charge in [0.25, 0.3) is 0 Å². The fourth-order valence-electron chi connectivity index (χ4n) is 3.02. The van der Waals surface area contributed by atoms with Crippen LogP contribution in [0.25, 0.3) is 0 Å². The topological polar surface area (TPSA) is 21.7 Å². The number of allylic oxidation sites excluding steroid dienone is 1. The average Bonchev–Trinajstić information content (AvgIpc) is 2.64. The van der Waals surface area contributed by atoms with Crippen molar-refractivity contribution in [2.75, 3.05) is 20.8 Å². The molecule has 0 saturated heterocycles. The molecule has 132 valence electrons. The summed E-state index contributed by atoms with van der Waals surface area (Å²) >= 11 is 0. The Morgan fingerprint density at radius 1 is 1.17 bits per heavy atom. The third kappa shape index (κ3) is 5.72. The van der Waals surface area contributed by atoms with Crippen LogP contribution in [0.4, 0.5) is 0 Å². The second kappa shape index (κ2) is 10.2. The number of hydrogen-bond acceptors (Lipinski definition) is 3. The lowest BCUT2D eigenvalue weighted by atomic mass is 10.1. The lowest BCUT2D eigenvalue weighted by Gasteiger charge is -2.28. The van der Waals surface area contributed by atoms with Crippen LogP contribution in [-0.4, -0.2) is 31.8 Å². The first-order valence-electron chi connectivity index (χ1n) is 9.05. The first kappa shape index (κ1) is 18.6. The van der Waals surface area contributed by atoms with Crippen molar-refractivity contribution in [1.29, 1.82) is 0 Å². The summed E-state index contributed by atoms with van der Waals surface area (Å²) in [6.45, 7) is 4.26. The number of methoxy groups -OCH3 is 2. The van der Waals surface area contributed by atoms with Crippen LogP contribution < -0.4 is 4.74 Å². The van der Waals surface area contributed by atoms with Crippen molar-refractivity contribution in [3.8, 4) is 5.75 Å². The highest BCUT2D eigenvalue weighted by atomic mass is 16.5. The second-order valence-corrected chi connectivity index (χ2v) is 6.33. The van der Waals surface area contributed by atoms with Gasteiger partial charge in [0, 0.05) is 25.9 Å². The molecule has 0 amide bonds. The maximum atomic E-state index is 5.41. The number of ether oxygens (including phenoxy) is 2. The van der Waals surface area contributed by atoms with Crippen LogP contribution in [0.3, 0.4) is 0 Å². The standard InChI is InChI=1S/C21H31NO2/c1-4-5-6-7-15-22(19-11-13-20(23-2)14-12-19)17-18-9-8-10-21(16-18)24-3/h8-13,16,20H,4-7,14-15,17H2,1-3H3. The van der Waals surface area contributed by atoms with E-state index in [0.29, 0.717) is 0 Å². The Hall–Kier alpha value is -1.74. The van der Waals surface area contributed by atoms with E-state index < -0.39 is 0 Å². The van der Waals surface area contributed by atoms with Gasteiger partial charge in [-0.3, -0.25) is 0 Å². The van der Waals surface area contributed by atoms with Crippen molar-refractivity contribution in [2.45, 2.75) is 51.7 Å². The fraction of sp³-hybridized carbons (Fsp3) is 0.524. The normalized spacial score (nSPS) is 16.8. The zero-order chi connectivity index (χ0) is 17.2. The highest BCUT2D eigenvalue weighted by Gasteiger charge is 2.13. The molecule has 1 atom stereocenters. The molecule has 1 aliphatic rings. The Bertz CT molecular complexity index is 551. The Kier molecular flexibility index (Phi) is 7.90. The fourth-order valence-corrected chi connectivity index (χ4v) is 3.02. The predicted molar refractivity (Wildman–Crippen MR) is 100 cm³/mol. The second-order valence-electron chi connectivity index (χ2n) is 6.33. The number of nitrogens with zero attached hydrogens (tertiary/aromatic N) is 1. The van der Waals surface area contributed by atoms with E-state index in [1.54, 1.807) is 14.2 Å². The van der Waals surface area contributed by atoms with Gasteiger partial charge < -0.3 is 14.4 Å². The van der Waals surface area contributed by atoms with Crippen LogP contribution in [0.5, 0.6) is 5.75 Å². The van der Waals surface area contributed by atoms with E-state index in [9.17, 15) is 0 Å². The summed E-state index contributed by atoms with van der Waals surface area (Å²) in [5.41, 5.74) is 2.59. The molecule has 0 spiro atoms. The summed E-state index contributed by atoms with van der Waals surface area (Å²) in [7, 11) is 3.49. The summed E-state index contributed by atoms with van der Waals surface area (Å²) in [6, 6.07) is 8.37. The molecule has 0 radical (unpaired) electrons. The smallest absolute Gasteiger partial charge is 0.119 e. The van der Waals surface area contributed by atoms with Gasteiger partial charge in [-0.25, -0.2) is 0 Å². The van der Waals surface area contributed by atoms with Crippen molar-refractivity contribution in [2.24, 2.45) is 0 Å². The zero-order valence-electron chi connectivity index (χ0n) is 15.3. The van der Waals surface area contributed by atoms with Crippen LogP contribution in [0.1, 0.15) is 44.6 Å². The highest BCUT2D eigenvalue weighted by Crippen LogP contribution is 2.21. The van der Waals surface area contributed by atoms with Crippen molar-refractivity contribution >= 4 is 0 Å². The molecule has 1 aliphatic carbocycles. The van der Waals surface area contributed by atoms with Gasteiger partial charge in [-0.05, 0) is 36.6 Å². The lowest BCUT2D eigenvalue weighted by molar-refractivity contribution is 0.141. The molecule has 1 unspecified atom stereocenters. The zero-order valence-corrected chi connectivity index (χ0v) is 15.3. The van der Waals surface area contributed by atoms with Crippen molar-refractivity contribution in [3.05, 3.63) is 53.8 Å². The van der Waals surface area contributed by atoms with Crippen LogP contribution in [0.15, 0.2) is 48.2 Å². The van der Waals surface area contributed by atoms with Gasteiger partial charge in [-0.2, -0.15) is 0 Å². The first-order chi connectivity index (χ1) is 11.8. The minimum atomic E-state index is 0.215. The third-order valence-electron chi connectivity index (χ3n) is 4.50. The summed E-state index contributed by atoms with van der Waals surface area (Å²) in [5.74, 6) is 0.922.